The van der Waals surface area contributed by atoms with Crippen LogP contribution in [0.15, 0.2) is 24.3 Å². The Kier molecular flexibility index (Phi) is 6.47. The van der Waals surface area contributed by atoms with Crippen LogP contribution in [0.1, 0.15) is 40.0 Å². The number of hydrogen-bond acceptors (Lipinski definition) is 3. The van der Waals surface area contributed by atoms with Crippen molar-refractivity contribution in [2.45, 2.75) is 51.6 Å². The van der Waals surface area contributed by atoms with E-state index in [-0.39, 0.29) is 17.6 Å². The summed E-state index contributed by atoms with van der Waals surface area (Å²) in [5.41, 5.74) is -0.521. The molecule has 4 heteroatoms. The second-order valence-electron chi connectivity index (χ2n) is 5.23. The van der Waals surface area contributed by atoms with Crippen LogP contribution < -0.4 is 10.1 Å². The maximum absolute atomic E-state index is 13.4. The second kappa shape index (κ2) is 7.86. The van der Waals surface area contributed by atoms with E-state index in [0.29, 0.717) is 19.4 Å². The first-order valence-electron chi connectivity index (χ1n) is 7.09. The number of para-hydroxylation sites is 1. The van der Waals surface area contributed by atoms with Crippen molar-refractivity contribution in [2.24, 2.45) is 0 Å². The minimum absolute atomic E-state index is 0.252. The summed E-state index contributed by atoms with van der Waals surface area (Å²) in [6.07, 6.45) is 2.13. The van der Waals surface area contributed by atoms with E-state index in [0.717, 1.165) is 6.42 Å². The molecule has 0 radical (unpaired) electrons. The van der Waals surface area contributed by atoms with Crippen LogP contribution in [-0.2, 0) is 0 Å². The molecule has 1 aromatic carbocycles. The zero-order valence-electron chi connectivity index (χ0n) is 12.4. The Morgan fingerprint density at radius 2 is 2.10 bits per heavy atom. The maximum atomic E-state index is 13.4. The minimum atomic E-state index is -0.521. The van der Waals surface area contributed by atoms with Crippen LogP contribution in [0.4, 0.5) is 4.39 Å². The summed E-state index contributed by atoms with van der Waals surface area (Å²) in [5.74, 6) is -0.0850. The molecule has 0 amide bonds. The molecule has 0 aliphatic rings. The summed E-state index contributed by atoms with van der Waals surface area (Å²) < 4.78 is 18.8. The van der Waals surface area contributed by atoms with Gasteiger partial charge in [-0.3, -0.25) is 5.32 Å². The molecule has 1 rings (SSSR count). The van der Waals surface area contributed by atoms with E-state index in [9.17, 15) is 9.65 Å². The lowest BCUT2D eigenvalue weighted by atomic mass is 9.91. The van der Waals surface area contributed by atoms with E-state index in [1.807, 2.05) is 20.8 Å². The predicted octanol–water partition coefficient (Wildman–Crippen LogP) is 3.66. The largest absolute Gasteiger partial charge is 0.491 e. The first-order chi connectivity index (χ1) is 9.53. The molecule has 0 aromatic heterocycles. The molecule has 1 aromatic rings. The number of hydrogen-bond donors (Lipinski definition) is 1. The van der Waals surface area contributed by atoms with Gasteiger partial charge >= 0.3 is 0 Å². The van der Waals surface area contributed by atoms with Gasteiger partial charge in [0.1, 0.15) is 5.54 Å². The van der Waals surface area contributed by atoms with Crippen molar-refractivity contribution in [3.05, 3.63) is 30.1 Å². The number of benzene rings is 1. The molecule has 0 aliphatic carbocycles. The van der Waals surface area contributed by atoms with Crippen LogP contribution in [0, 0.1) is 17.1 Å². The molecular formula is C16H23FN2O. The van der Waals surface area contributed by atoms with Crippen molar-refractivity contribution in [1.29, 1.82) is 5.26 Å². The fourth-order valence-corrected chi connectivity index (χ4v) is 2.19. The smallest absolute Gasteiger partial charge is 0.165 e. The average molecular weight is 278 g/mol. The zero-order chi connectivity index (χ0) is 15.0. The van der Waals surface area contributed by atoms with Crippen molar-refractivity contribution in [2.75, 3.05) is 6.61 Å². The average Bonchev–Trinajstić information content (AvgIpc) is 2.43. The van der Waals surface area contributed by atoms with Crippen LogP contribution in [0.25, 0.3) is 0 Å². The molecular weight excluding hydrogens is 255 g/mol. The third-order valence-electron chi connectivity index (χ3n) is 3.22. The number of rotatable bonds is 8. The van der Waals surface area contributed by atoms with Crippen LogP contribution in [-0.4, -0.2) is 18.2 Å². The summed E-state index contributed by atoms with van der Waals surface area (Å²) in [4.78, 5) is 0. The number of nitriles is 1. The summed E-state index contributed by atoms with van der Waals surface area (Å²) in [7, 11) is 0. The molecule has 0 bridgehead atoms. The second-order valence-corrected chi connectivity index (χ2v) is 5.23. The number of ether oxygens (including phenoxy) is 1. The lowest BCUT2D eigenvalue weighted by molar-refractivity contribution is 0.261. The molecule has 1 unspecified atom stereocenters. The lowest BCUT2D eigenvalue weighted by Gasteiger charge is -2.29. The number of nitrogens with zero attached hydrogens (tertiary/aromatic N) is 1. The summed E-state index contributed by atoms with van der Waals surface area (Å²) >= 11 is 0. The van der Waals surface area contributed by atoms with Gasteiger partial charge < -0.3 is 4.74 Å². The van der Waals surface area contributed by atoms with Gasteiger partial charge in [-0.2, -0.15) is 5.26 Å². The van der Waals surface area contributed by atoms with Gasteiger partial charge in [0, 0.05) is 6.04 Å². The zero-order valence-corrected chi connectivity index (χ0v) is 12.4. The van der Waals surface area contributed by atoms with Crippen LogP contribution >= 0.6 is 0 Å². The third-order valence-corrected chi connectivity index (χ3v) is 3.22. The molecule has 20 heavy (non-hydrogen) atoms. The van der Waals surface area contributed by atoms with Gasteiger partial charge in [-0.1, -0.05) is 19.1 Å². The molecule has 0 saturated heterocycles. The van der Waals surface area contributed by atoms with Gasteiger partial charge in [0.2, 0.25) is 0 Å². The Labute approximate surface area is 120 Å². The van der Waals surface area contributed by atoms with Crippen LogP contribution in [0.3, 0.4) is 0 Å². The van der Waals surface area contributed by atoms with Gasteiger partial charge in [0.25, 0.3) is 0 Å². The molecule has 0 aliphatic heterocycles. The SMILES string of the molecule is CCC(C#N)(CCCOc1ccccc1F)NC(C)C. The quantitative estimate of drug-likeness (QED) is 0.738. The van der Waals surface area contributed by atoms with Gasteiger partial charge in [-0.25, -0.2) is 4.39 Å². The van der Waals surface area contributed by atoms with Crippen LogP contribution in [0.2, 0.25) is 0 Å². The molecule has 0 heterocycles. The number of nitrogens with one attached hydrogen (secondary N) is 1. The highest BCUT2D eigenvalue weighted by molar-refractivity contribution is 5.23. The highest BCUT2D eigenvalue weighted by Gasteiger charge is 2.27. The summed E-state index contributed by atoms with van der Waals surface area (Å²) in [6.45, 7) is 6.45. The Hall–Kier alpha value is -1.60. The van der Waals surface area contributed by atoms with Crippen LogP contribution in [0.5, 0.6) is 5.75 Å². The van der Waals surface area contributed by atoms with E-state index >= 15 is 0 Å². The topological polar surface area (TPSA) is 45.0 Å². The Morgan fingerprint density at radius 3 is 2.65 bits per heavy atom. The maximum Gasteiger partial charge on any atom is 0.165 e. The van der Waals surface area contributed by atoms with E-state index in [1.54, 1.807) is 18.2 Å². The van der Waals surface area contributed by atoms with Gasteiger partial charge in [0.05, 0.1) is 12.7 Å². The molecule has 110 valence electrons. The van der Waals surface area contributed by atoms with E-state index in [2.05, 4.69) is 11.4 Å². The van der Waals surface area contributed by atoms with E-state index < -0.39 is 5.54 Å². The first-order valence-corrected chi connectivity index (χ1v) is 7.09. The Balaban J connectivity index is 2.46. The molecule has 3 nitrogen and oxygen atoms in total. The Morgan fingerprint density at radius 1 is 1.40 bits per heavy atom. The lowest BCUT2D eigenvalue weighted by Crippen LogP contribution is -2.47. The molecule has 1 atom stereocenters. The van der Waals surface area contributed by atoms with Gasteiger partial charge in [-0.05, 0) is 45.2 Å². The fraction of sp³-hybridized carbons (Fsp3) is 0.562. The molecule has 1 N–H and O–H groups in total. The third kappa shape index (κ3) is 4.82. The Bertz CT molecular complexity index is 456. The summed E-state index contributed by atoms with van der Waals surface area (Å²) in [5, 5.41) is 12.7. The fourth-order valence-electron chi connectivity index (χ4n) is 2.19. The minimum Gasteiger partial charge on any atom is -0.491 e. The highest BCUT2D eigenvalue weighted by atomic mass is 19.1. The van der Waals surface area contributed by atoms with Crippen molar-refractivity contribution >= 4 is 0 Å². The van der Waals surface area contributed by atoms with Gasteiger partial charge in [-0.15, -0.1) is 0 Å². The first kappa shape index (κ1) is 16.5. The predicted molar refractivity (Wildman–Crippen MR) is 78.0 cm³/mol. The molecule has 0 spiro atoms. The van der Waals surface area contributed by atoms with Crippen molar-refractivity contribution in [1.82, 2.24) is 5.32 Å². The van der Waals surface area contributed by atoms with Crippen molar-refractivity contribution < 1.29 is 9.13 Å². The van der Waals surface area contributed by atoms with Crippen molar-refractivity contribution in [3.63, 3.8) is 0 Å². The van der Waals surface area contributed by atoms with E-state index in [4.69, 9.17) is 4.74 Å². The highest BCUT2D eigenvalue weighted by Crippen LogP contribution is 2.19. The van der Waals surface area contributed by atoms with Crippen molar-refractivity contribution in [3.8, 4) is 11.8 Å². The van der Waals surface area contributed by atoms with E-state index in [1.165, 1.54) is 6.07 Å². The normalized spacial score (nSPS) is 13.8. The molecule has 0 fully saturated rings. The van der Waals surface area contributed by atoms with Gasteiger partial charge in [0.15, 0.2) is 11.6 Å². The summed E-state index contributed by atoms with van der Waals surface area (Å²) in [6, 6.07) is 8.98. The number of halogens is 1. The monoisotopic (exact) mass is 278 g/mol. The standard InChI is InChI=1S/C16H23FN2O/c1-4-16(12-18,19-13(2)3)10-7-11-20-15-9-6-5-8-14(15)17/h5-6,8-9,13,19H,4,7,10-11H2,1-3H3. The molecule has 0 saturated carbocycles.